The van der Waals surface area contributed by atoms with Gasteiger partial charge in [-0.1, -0.05) is 47.6 Å². The molecule has 2 aliphatic rings. The van der Waals surface area contributed by atoms with E-state index in [1.54, 1.807) is 43.3 Å². The Morgan fingerprint density at radius 3 is 2.40 bits per heavy atom. The fourth-order valence-corrected chi connectivity index (χ4v) is 5.87. The van der Waals surface area contributed by atoms with Crippen molar-refractivity contribution in [2.24, 2.45) is 0 Å². The van der Waals surface area contributed by atoms with Crippen molar-refractivity contribution in [1.82, 2.24) is 5.16 Å². The van der Waals surface area contributed by atoms with Gasteiger partial charge in [0.25, 0.3) is 0 Å². The molecule has 42 heavy (non-hydrogen) atoms. The number of piperazine rings is 1. The fraction of sp³-hybridized carbons (Fsp3) is 0.182. The summed E-state index contributed by atoms with van der Waals surface area (Å²) in [5, 5.41) is 8.52. The number of benzene rings is 4. The van der Waals surface area contributed by atoms with Crippen LogP contribution >= 0.6 is 0 Å². The lowest BCUT2D eigenvalue weighted by Crippen LogP contribution is -2.47. The molecule has 1 aliphatic heterocycles. The summed E-state index contributed by atoms with van der Waals surface area (Å²) < 4.78 is 25.6. The standard InChI is InChI=1S/C33H27FN4O4/c1-2-41-33(40)20-8-7-9-21(18-20)35-25-19-27(38-16-14-37(15-17-38)26-13-6-5-12-24(26)34)30-29-28(25)31(39)22-10-3-4-11-23(22)32(29)42-36-30/h3-13,18-19,35H,2,14-17H2,1H3. The summed E-state index contributed by atoms with van der Waals surface area (Å²) in [5.74, 6) is -0.246. The summed E-state index contributed by atoms with van der Waals surface area (Å²) in [6.45, 7) is 4.50. The van der Waals surface area contributed by atoms with Gasteiger partial charge in [-0.15, -0.1) is 0 Å². The molecule has 7 rings (SSSR count). The Morgan fingerprint density at radius 1 is 0.929 bits per heavy atom. The van der Waals surface area contributed by atoms with Gasteiger partial charge in [0.15, 0.2) is 11.5 Å². The molecule has 0 radical (unpaired) electrons. The monoisotopic (exact) mass is 562 g/mol. The van der Waals surface area contributed by atoms with Crippen molar-refractivity contribution in [3.8, 4) is 11.3 Å². The molecule has 0 unspecified atom stereocenters. The van der Waals surface area contributed by atoms with Crippen LogP contribution in [0, 0.1) is 5.82 Å². The van der Waals surface area contributed by atoms with Crippen molar-refractivity contribution in [3.05, 3.63) is 101 Å². The highest BCUT2D eigenvalue weighted by Crippen LogP contribution is 2.46. The van der Waals surface area contributed by atoms with Crippen molar-refractivity contribution in [2.45, 2.75) is 6.92 Å². The average molecular weight is 563 g/mol. The van der Waals surface area contributed by atoms with Crippen LogP contribution in [0.2, 0.25) is 0 Å². The quantitative estimate of drug-likeness (QED) is 0.233. The van der Waals surface area contributed by atoms with Gasteiger partial charge >= 0.3 is 5.97 Å². The van der Waals surface area contributed by atoms with E-state index >= 15 is 0 Å². The third-order valence-electron chi connectivity index (χ3n) is 7.84. The third kappa shape index (κ3) is 4.25. The summed E-state index contributed by atoms with van der Waals surface area (Å²) in [6, 6.07) is 23.1. The lowest BCUT2D eigenvalue weighted by molar-refractivity contribution is 0.0526. The molecular weight excluding hydrogens is 535 g/mol. The van der Waals surface area contributed by atoms with Gasteiger partial charge in [-0.25, -0.2) is 9.18 Å². The number of hydrogen-bond acceptors (Lipinski definition) is 8. The van der Waals surface area contributed by atoms with Crippen molar-refractivity contribution in [3.63, 3.8) is 0 Å². The lowest BCUT2D eigenvalue weighted by Gasteiger charge is -2.37. The predicted molar refractivity (Wildman–Crippen MR) is 159 cm³/mol. The second-order valence-electron chi connectivity index (χ2n) is 10.3. The molecule has 1 aromatic heterocycles. The molecule has 0 spiro atoms. The minimum absolute atomic E-state index is 0.133. The number of anilines is 4. The van der Waals surface area contributed by atoms with E-state index in [4.69, 9.17) is 9.26 Å². The molecule has 5 aromatic rings. The van der Waals surface area contributed by atoms with E-state index in [1.165, 1.54) is 6.07 Å². The number of fused-ring (bicyclic) bond motifs is 2. The van der Waals surface area contributed by atoms with E-state index in [9.17, 15) is 14.0 Å². The summed E-state index contributed by atoms with van der Waals surface area (Å²) >= 11 is 0. The number of carbonyl (C=O) groups excluding carboxylic acids is 2. The molecule has 8 nitrogen and oxygen atoms in total. The second kappa shape index (κ2) is 10.3. The number of hydrogen-bond donors (Lipinski definition) is 1. The first-order valence-electron chi connectivity index (χ1n) is 13.9. The summed E-state index contributed by atoms with van der Waals surface area (Å²) in [6.07, 6.45) is 0. The number of aromatic nitrogens is 1. The van der Waals surface area contributed by atoms with Gasteiger partial charge < -0.3 is 24.4 Å². The molecule has 9 heteroatoms. The highest BCUT2D eigenvalue weighted by Gasteiger charge is 2.34. The van der Waals surface area contributed by atoms with Crippen molar-refractivity contribution in [2.75, 3.05) is 47.9 Å². The molecule has 0 bridgehead atoms. The maximum Gasteiger partial charge on any atom is 0.338 e. The highest BCUT2D eigenvalue weighted by atomic mass is 19.1. The SMILES string of the molecule is CCOC(=O)c1cccc(Nc2cc(N3CCN(c4ccccc4F)CC3)c3noc4c3c2C(=O)c2ccccc2-4)c1. The largest absolute Gasteiger partial charge is 0.462 e. The maximum atomic E-state index is 14.5. The van der Waals surface area contributed by atoms with Crippen LogP contribution < -0.4 is 15.1 Å². The van der Waals surface area contributed by atoms with Gasteiger partial charge in [-0.2, -0.15) is 0 Å². The number of rotatable bonds is 6. The molecular formula is C33H27FN4O4. The molecule has 0 saturated carbocycles. The van der Waals surface area contributed by atoms with E-state index in [1.807, 2.05) is 41.3 Å². The second-order valence-corrected chi connectivity index (χ2v) is 10.3. The van der Waals surface area contributed by atoms with Gasteiger partial charge in [0.1, 0.15) is 11.3 Å². The minimum atomic E-state index is -0.419. The average Bonchev–Trinajstić information content (AvgIpc) is 3.46. The first-order chi connectivity index (χ1) is 20.5. The zero-order valence-electron chi connectivity index (χ0n) is 22.9. The highest BCUT2D eigenvalue weighted by molar-refractivity contribution is 6.28. The summed E-state index contributed by atoms with van der Waals surface area (Å²) in [5.41, 5.74) is 5.34. The van der Waals surface area contributed by atoms with Crippen molar-refractivity contribution >= 4 is 45.4 Å². The molecule has 1 N–H and O–H groups in total. The number of ether oxygens (including phenoxy) is 1. The van der Waals surface area contributed by atoms with Gasteiger partial charge in [0.2, 0.25) is 0 Å². The topological polar surface area (TPSA) is 87.9 Å². The Kier molecular flexibility index (Phi) is 6.34. The Hall–Kier alpha value is -5.18. The number of halogens is 1. The maximum absolute atomic E-state index is 14.5. The van der Waals surface area contributed by atoms with Crippen molar-refractivity contribution < 1.29 is 23.2 Å². The Bertz CT molecular complexity index is 1860. The van der Waals surface area contributed by atoms with Gasteiger partial charge in [-0.05, 0) is 43.3 Å². The molecule has 1 fully saturated rings. The van der Waals surface area contributed by atoms with Crippen LogP contribution in [0.5, 0.6) is 0 Å². The van der Waals surface area contributed by atoms with E-state index in [0.29, 0.717) is 82.2 Å². The van der Waals surface area contributed by atoms with Crippen LogP contribution in [-0.4, -0.2) is 49.7 Å². The van der Waals surface area contributed by atoms with Crippen LogP contribution in [0.25, 0.3) is 22.2 Å². The first-order valence-corrected chi connectivity index (χ1v) is 13.9. The number of carbonyl (C=O) groups is 2. The molecule has 0 atom stereocenters. The molecule has 0 amide bonds. The minimum Gasteiger partial charge on any atom is -0.462 e. The zero-order valence-corrected chi connectivity index (χ0v) is 22.9. The van der Waals surface area contributed by atoms with Crippen molar-refractivity contribution in [1.29, 1.82) is 0 Å². The van der Waals surface area contributed by atoms with Crippen LogP contribution in [0.15, 0.2) is 83.4 Å². The first kappa shape index (κ1) is 25.8. The van der Waals surface area contributed by atoms with E-state index in [0.717, 1.165) is 5.69 Å². The predicted octanol–water partition coefficient (Wildman–Crippen LogP) is 6.43. The molecule has 210 valence electrons. The summed E-state index contributed by atoms with van der Waals surface area (Å²) in [4.78, 5) is 30.6. The summed E-state index contributed by atoms with van der Waals surface area (Å²) in [7, 11) is 0. The number of esters is 1. The normalized spacial score (nSPS) is 14.2. The molecule has 4 aromatic carbocycles. The number of nitrogens with one attached hydrogen (secondary N) is 1. The van der Waals surface area contributed by atoms with Gasteiger partial charge in [-0.3, -0.25) is 4.79 Å². The lowest BCUT2D eigenvalue weighted by atomic mass is 9.86. The van der Waals surface area contributed by atoms with Gasteiger partial charge in [0, 0.05) is 43.0 Å². The van der Waals surface area contributed by atoms with Crippen LogP contribution in [0.1, 0.15) is 33.2 Å². The van der Waals surface area contributed by atoms with E-state index in [-0.39, 0.29) is 18.2 Å². The molecule has 1 saturated heterocycles. The number of para-hydroxylation sites is 1. The van der Waals surface area contributed by atoms with E-state index < -0.39 is 5.97 Å². The van der Waals surface area contributed by atoms with Crippen LogP contribution in [0.3, 0.4) is 0 Å². The third-order valence-corrected chi connectivity index (χ3v) is 7.84. The fourth-order valence-electron chi connectivity index (χ4n) is 5.87. The number of nitrogens with zero attached hydrogens (tertiary/aromatic N) is 3. The Balaban J connectivity index is 1.32. The Labute approximate surface area is 241 Å². The smallest absolute Gasteiger partial charge is 0.338 e. The van der Waals surface area contributed by atoms with Crippen LogP contribution in [0.4, 0.5) is 27.1 Å². The Morgan fingerprint density at radius 2 is 1.64 bits per heavy atom. The molecule has 2 heterocycles. The number of ketones is 1. The van der Waals surface area contributed by atoms with Gasteiger partial charge in [0.05, 0.1) is 40.2 Å². The zero-order chi connectivity index (χ0) is 28.8. The molecule has 1 aliphatic carbocycles. The van der Waals surface area contributed by atoms with E-state index in [2.05, 4.69) is 15.4 Å². The van der Waals surface area contributed by atoms with Crippen LogP contribution in [-0.2, 0) is 4.74 Å².